The first-order valence-corrected chi connectivity index (χ1v) is 24.6. The van der Waals surface area contributed by atoms with Crippen molar-refractivity contribution >= 4 is 76.1 Å². The third kappa shape index (κ3) is 10.0. The predicted octanol–water partition coefficient (Wildman–Crippen LogP) is 3.28. The number of aromatic amines is 1. The van der Waals surface area contributed by atoms with Crippen molar-refractivity contribution in [2.24, 2.45) is 12.8 Å². The molecule has 0 bridgehead atoms. The minimum atomic E-state index is -5.04. The van der Waals surface area contributed by atoms with Gasteiger partial charge in [0.15, 0.2) is 5.78 Å². The van der Waals surface area contributed by atoms with Gasteiger partial charge in [-0.15, -0.1) is 0 Å². The molecular formula is C48H55N8O11P. The van der Waals surface area contributed by atoms with Crippen LogP contribution >= 0.6 is 7.60 Å². The summed E-state index contributed by atoms with van der Waals surface area (Å²) >= 11 is 0. The zero-order chi connectivity index (χ0) is 48.6. The van der Waals surface area contributed by atoms with Gasteiger partial charge in [0.1, 0.15) is 23.8 Å². The second kappa shape index (κ2) is 19.6. The number of primary amides is 1. The number of benzene rings is 3. The number of amides is 5. The lowest BCUT2D eigenvalue weighted by Crippen LogP contribution is -2.53. The molecule has 1 fully saturated rings. The first-order valence-electron chi connectivity index (χ1n) is 23.0. The fraction of sp³-hybridized carbons (Fsp3) is 0.417. The average molecular weight is 951 g/mol. The van der Waals surface area contributed by atoms with Gasteiger partial charge in [0, 0.05) is 48.8 Å². The van der Waals surface area contributed by atoms with Crippen LogP contribution in [0, 0.1) is 0 Å². The summed E-state index contributed by atoms with van der Waals surface area (Å²) in [4.78, 5) is 127. The topological polar surface area (TPSA) is 285 Å². The molecule has 8 N–H and O–H groups in total. The van der Waals surface area contributed by atoms with Crippen molar-refractivity contribution in [2.75, 3.05) is 11.4 Å². The van der Waals surface area contributed by atoms with Crippen LogP contribution in [-0.2, 0) is 61.3 Å². The molecule has 0 saturated carbocycles. The highest BCUT2D eigenvalue weighted by Gasteiger charge is 2.44. The monoisotopic (exact) mass is 950 g/mol. The molecule has 5 amide bonds. The molecule has 19 nitrogen and oxygen atoms in total. The van der Waals surface area contributed by atoms with Crippen molar-refractivity contribution in [3.05, 3.63) is 98.6 Å². The summed E-state index contributed by atoms with van der Waals surface area (Å²) in [5, 5.41) is 8.73. The molecule has 5 heterocycles. The normalized spacial score (nSPS) is 18.7. The van der Waals surface area contributed by atoms with Crippen molar-refractivity contribution in [3.63, 3.8) is 0 Å². The number of hydrogen-bond donors (Lipinski definition) is 7. The van der Waals surface area contributed by atoms with Crippen LogP contribution in [-0.4, -0.2) is 89.4 Å². The number of imide groups is 1. The number of nitrogens with two attached hydrogens (primary N) is 1. The Morgan fingerprint density at radius 1 is 0.882 bits per heavy atom. The number of unbranched alkanes of at least 4 members (excludes halogenated alkanes) is 3. The van der Waals surface area contributed by atoms with E-state index in [9.17, 15) is 52.7 Å². The fourth-order valence-corrected chi connectivity index (χ4v) is 10.3. The molecule has 8 rings (SSSR count). The van der Waals surface area contributed by atoms with E-state index in [2.05, 4.69) is 33.1 Å². The molecule has 3 aliphatic rings. The zero-order valence-corrected chi connectivity index (χ0v) is 38.7. The summed E-state index contributed by atoms with van der Waals surface area (Å²) < 4.78 is 14.6. The van der Waals surface area contributed by atoms with Gasteiger partial charge in [0.2, 0.25) is 23.6 Å². The van der Waals surface area contributed by atoms with Crippen LogP contribution in [0.3, 0.4) is 0 Å². The van der Waals surface area contributed by atoms with Crippen LogP contribution in [0.4, 0.5) is 5.69 Å². The van der Waals surface area contributed by atoms with Gasteiger partial charge in [-0.2, -0.15) is 0 Å². The lowest BCUT2D eigenvalue weighted by Gasteiger charge is -2.28. The molecule has 5 aromatic rings. The Morgan fingerprint density at radius 3 is 2.34 bits per heavy atom. The van der Waals surface area contributed by atoms with Crippen LogP contribution in [0.1, 0.15) is 114 Å². The van der Waals surface area contributed by atoms with E-state index >= 15 is 0 Å². The summed E-state index contributed by atoms with van der Waals surface area (Å²) in [7, 11) is -3.35. The van der Waals surface area contributed by atoms with Gasteiger partial charge in [-0.1, -0.05) is 31.0 Å². The Morgan fingerprint density at radius 2 is 1.62 bits per heavy atom. The smallest absolute Gasteiger partial charge is 0.370 e. The lowest BCUT2D eigenvalue weighted by atomic mass is 9.95. The number of imidazole rings is 1. The van der Waals surface area contributed by atoms with Crippen LogP contribution in [0.5, 0.6) is 0 Å². The first kappa shape index (κ1) is 47.9. The van der Waals surface area contributed by atoms with E-state index in [4.69, 9.17) is 5.73 Å². The molecule has 0 spiro atoms. The number of Topliss-reactive ketones (excluding diaryl/α,β-unsaturated/α-hetero) is 1. The maximum absolute atomic E-state index is 14.5. The number of rotatable bonds is 19. The Labute approximate surface area is 390 Å². The number of piperidine rings is 1. The molecule has 1 saturated heterocycles. The van der Waals surface area contributed by atoms with Gasteiger partial charge >= 0.3 is 13.3 Å². The number of hydrogen-bond acceptors (Lipinski definition) is 10. The average Bonchev–Trinajstić information content (AvgIpc) is 3.95. The maximum Gasteiger partial charge on any atom is 0.396 e. The van der Waals surface area contributed by atoms with Gasteiger partial charge in [-0.3, -0.25) is 57.5 Å². The Balaban J connectivity index is 0.933. The molecule has 2 aromatic heterocycles. The van der Waals surface area contributed by atoms with Crippen molar-refractivity contribution < 1.29 is 47.9 Å². The number of aromatic nitrogens is 3. The third-order valence-electron chi connectivity index (χ3n) is 13.4. The van der Waals surface area contributed by atoms with E-state index in [1.165, 1.54) is 33.7 Å². The van der Waals surface area contributed by atoms with Crippen molar-refractivity contribution in [1.29, 1.82) is 0 Å². The van der Waals surface area contributed by atoms with Gasteiger partial charge in [-0.05, 0) is 117 Å². The van der Waals surface area contributed by atoms with Gasteiger partial charge in [-0.25, -0.2) is 4.79 Å². The van der Waals surface area contributed by atoms with E-state index in [1.54, 1.807) is 11.6 Å². The van der Waals surface area contributed by atoms with Crippen molar-refractivity contribution in [1.82, 2.24) is 30.1 Å². The summed E-state index contributed by atoms with van der Waals surface area (Å²) in [6, 6.07) is 12.6. The molecule has 0 aliphatic carbocycles. The first-order chi connectivity index (χ1) is 32.4. The largest absolute Gasteiger partial charge is 0.396 e. The number of nitrogens with one attached hydrogen (secondary N) is 4. The Bertz CT molecular complexity index is 3000. The number of carbonyl (C=O) groups excluding carboxylic acids is 7. The third-order valence-corrected chi connectivity index (χ3v) is 14.2. The van der Waals surface area contributed by atoms with E-state index in [-0.39, 0.29) is 66.9 Å². The van der Waals surface area contributed by atoms with E-state index < -0.39 is 54.9 Å². The molecule has 1 unspecified atom stereocenters. The molecule has 3 aromatic carbocycles. The van der Waals surface area contributed by atoms with Crippen LogP contribution in [0.15, 0.2) is 59.4 Å². The number of fused-ring (bicyclic) bond motifs is 2. The highest BCUT2D eigenvalue weighted by molar-refractivity contribution is 7.70. The van der Waals surface area contributed by atoms with Gasteiger partial charge in [0.25, 0.3) is 11.4 Å². The van der Waals surface area contributed by atoms with Crippen LogP contribution in [0.25, 0.3) is 21.9 Å². The van der Waals surface area contributed by atoms with Crippen molar-refractivity contribution in [3.8, 4) is 0 Å². The summed E-state index contributed by atoms with van der Waals surface area (Å²) in [5.74, 6) is -2.51. The molecular weight excluding hydrogens is 896 g/mol. The SMILES string of the molecule is C[C@H](CCC(N)=O)NCC(=O)[C@@H]1Cc2cc(CCCCCCc3ccc4c(c3)n(C)c(=O)n4C3CCC(=O)NC3=O)cc3c2N1C(=O)[C@@H](NC(=O)c1cc2cc(C(=O)P(=O)(O)O)ccc2[nH]1)CC3. The quantitative estimate of drug-likeness (QED) is 0.0357. The standard InChI is InChI=1S/C48H55N8O11P/c1-26(9-17-41(49)58)50-25-40(57)39-24-32-20-28(8-6-4-3-5-7-27-10-15-36-38(21-27)54(2)48(64)55(36)37-16-18-42(59)53-45(37)61)19-29-11-14-34(46(62)56(39)43(29)32)52-44(60)35-23-31-22-30(12-13-33(31)51-35)47(63)68(65,66)67/h10,12-13,15,19-23,26,34,37,39,50-51H,3-9,11,14,16-18,24-25H2,1-2H3,(H2,49,58)(H,52,60)(H,53,59,61)(H2,65,66,67)/t26-,34+,37?,39+/m1/s1. The number of aryl methyl sites for hydroxylation is 4. The van der Waals surface area contributed by atoms with Crippen LogP contribution in [0.2, 0.25) is 0 Å². The van der Waals surface area contributed by atoms with E-state index in [0.29, 0.717) is 41.4 Å². The highest BCUT2D eigenvalue weighted by Crippen LogP contribution is 2.41. The second-order valence-corrected chi connectivity index (χ2v) is 19.8. The molecule has 0 radical (unpaired) electrons. The second-order valence-electron chi connectivity index (χ2n) is 18.3. The van der Waals surface area contributed by atoms with Gasteiger partial charge in [0.05, 0.1) is 23.3 Å². The fourth-order valence-electron chi connectivity index (χ4n) is 9.79. The van der Waals surface area contributed by atoms with E-state index in [1.807, 2.05) is 25.1 Å². The number of carbonyl (C=O) groups is 7. The summed E-state index contributed by atoms with van der Waals surface area (Å²) in [5.41, 5.74) is 9.97. The lowest BCUT2D eigenvalue weighted by molar-refractivity contribution is -0.135. The summed E-state index contributed by atoms with van der Waals surface area (Å²) in [6.07, 6.45) is 7.33. The maximum atomic E-state index is 14.5. The Kier molecular flexibility index (Phi) is 13.8. The molecule has 68 heavy (non-hydrogen) atoms. The number of anilines is 1. The zero-order valence-electron chi connectivity index (χ0n) is 37.8. The summed E-state index contributed by atoms with van der Waals surface area (Å²) in [6.45, 7) is 1.80. The van der Waals surface area contributed by atoms with Crippen LogP contribution < -0.4 is 32.3 Å². The number of H-pyrrole nitrogens is 1. The minimum absolute atomic E-state index is 0.0513. The molecule has 20 heteroatoms. The number of nitrogens with zero attached hydrogens (tertiary/aromatic N) is 3. The molecule has 4 atom stereocenters. The minimum Gasteiger partial charge on any atom is -0.370 e. The van der Waals surface area contributed by atoms with Crippen molar-refractivity contribution in [2.45, 2.75) is 115 Å². The number of ketones is 1. The van der Waals surface area contributed by atoms with Gasteiger partial charge < -0.3 is 31.1 Å². The Hall–Kier alpha value is -6.53. The van der Waals surface area contributed by atoms with E-state index in [0.717, 1.165) is 66.3 Å². The predicted molar refractivity (Wildman–Crippen MR) is 251 cm³/mol. The molecule has 3 aliphatic heterocycles. The highest BCUT2D eigenvalue weighted by atomic mass is 31.2. The molecule has 358 valence electrons.